The number of hydrogen-bond acceptors (Lipinski definition) is 6. The van der Waals surface area contributed by atoms with Crippen LogP contribution >= 0.6 is 22.7 Å². The van der Waals surface area contributed by atoms with Crippen LogP contribution < -0.4 is 9.64 Å². The maximum atomic E-state index is 10.4. The molecule has 2 N–H and O–H groups in total. The minimum atomic E-state index is 0.174. The third kappa shape index (κ3) is 2.81. The van der Waals surface area contributed by atoms with Crippen LogP contribution in [0, 0.1) is 5.41 Å². The Hall–Kier alpha value is -2.64. The fraction of sp³-hybridized carbons (Fsp3) is 0.111. The third-order valence-corrected chi connectivity index (χ3v) is 5.73. The van der Waals surface area contributed by atoms with Gasteiger partial charge in [-0.3, -0.25) is 5.41 Å². The van der Waals surface area contributed by atoms with E-state index in [-0.39, 0.29) is 18.1 Å². The monoisotopic (exact) mass is 369 g/mol. The molecule has 0 spiro atoms. The minimum Gasteiger partial charge on any atom is -0.510 e. The van der Waals surface area contributed by atoms with Crippen molar-refractivity contribution < 1.29 is 9.84 Å². The van der Waals surface area contributed by atoms with Crippen LogP contribution in [-0.2, 0) is 0 Å². The number of hydrogen-bond donors (Lipinski definition) is 2. The molecule has 0 aliphatic carbocycles. The number of ether oxygens (including phenoxy) is 1. The third-order valence-electron chi connectivity index (χ3n) is 3.98. The molecule has 0 unspecified atom stereocenters. The van der Waals surface area contributed by atoms with Gasteiger partial charge in [0.25, 0.3) is 0 Å². The number of aliphatic hydroxyl groups is 1. The Morgan fingerprint density at radius 2 is 2.00 bits per heavy atom. The molecule has 0 radical (unpaired) electrons. The number of anilines is 1. The van der Waals surface area contributed by atoms with Crippen LogP contribution in [0.25, 0.3) is 16.1 Å². The smallest absolute Gasteiger partial charge is 0.139 e. The molecule has 5 nitrogen and oxygen atoms in total. The van der Waals surface area contributed by atoms with E-state index in [0.717, 1.165) is 22.0 Å². The number of amidine groups is 1. The highest BCUT2D eigenvalue weighted by Gasteiger charge is 2.31. The van der Waals surface area contributed by atoms with Gasteiger partial charge in [0.2, 0.25) is 0 Å². The van der Waals surface area contributed by atoms with E-state index in [1.165, 1.54) is 11.3 Å². The van der Waals surface area contributed by atoms with Gasteiger partial charge in [-0.1, -0.05) is 6.07 Å². The number of nitrogens with zero attached hydrogens (tertiary/aromatic N) is 2. The standard InChI is InChI=1S/C18H15N3O2S2/c1-23-12-6-4-11(5-7-12)21-9-14(22)16(17(21)19)18-20-13(10-25-18)15-3-2-8-24-15/h2-8,10,19,22H,9H2,1H3. The topological polar surface area (TPSA) is 69.4 Å². The van der Waals surface area contributed by atoms with Gasteiger partial charge in [-0.05, 0) is 35.7 Å². The molecule has 0 bridgehead atoms. The molecule has 1 aliphatic rings. The summed E-state index contributed by atoms with van der Waals surface area (Å²) < 4.78 is 5.17. The molecule has 25 heavy (non-hydrogen) atoms. The van der Waals surface area contributed by atoms with Crippen LogP contribution in [0.4, 0.5) is 5.69 Å². The van der Waals surface area contributed by atoms with Crippen molar-refractivity contribution in [3.63, 3.8) is 0 Å². The first-order valence-corrected chi connectivity index (χ1v) is 9.35. The molecule has 0 saturated heterocycles. The van der Waals surface area contributed by atoms with Gasteiger partial charge in [0.15, 0.2) is 0 Å². The molecule has 7 heteroatoms. The summed E-state index contributed by atoms with van der Waals surface area (Å²) in [6.07, 6.45) is 0. The molecule has 3 aromatic rings. The van der Waals surface area contributed by atoms with Crippen LogP contribution in [0.15, 0.2) is 52.9 Å². The van der Waals surface area contributed by atoms with E-state index in [2.05, 4.69) is 4.98 Å². The van der Waals surface area contributed by atoms with E-state index in [1.807, 2.05) is 47.2 Å². The zero-order valence-electron chi connectivity index (χ0n) is 13.4. The molecule has 0 atom stereocenters. The summed E-state index contributed by atoms with van der Waals surface area (Å²) in [6, 6.07) is 11.4. The van der Waals surface area contributed by atoms with E-state index in [4.69, 9.17) is 10.1 Å². The Morgan fingerprint density at radius 3 is 2.68 bits per heavy atom. The second kappa shape index (κ2) is 6.34. The van der Waals surface area contributed by atoms with Crippen LogP contribution in [0.2, 0.25) is 0 Å². The van der Waals surface area contributed by atoms with Crippen LogP contribution in [0.3, 0.4) is 0 Å². The molecule has 3 heterocycles. The number of methoxy groups -OCH3 is 1. The number of nitrogens with one attached hydrogen (secondary N) is 1. The quantitative estimate of drug-likeness (QED) is 0.702. The van der Waals surface area contributed by atoms with Crippen molar-refractivity contribution in [2.24, 2.45) is 0 Å². The Bertz CT molecular complexity index is 943. The number of aromatic nitrogens is 1. The van der Waals surface area contributed by atoms with Crippen molar-refractivity contribution in [3.05, 3.63) is 57.9 Å². The molecule has 0 saturated carbocycles. The Kier molecular flexibility index (Phi) is 4.03. The van der Waals surface area contributed by atoms with Crippen molar-refractivity contribution in [1.29, 1.82) is 5.41 Å². The zero-order chi connectivity index (χ0) is 17.4. The summed E-state index contributed by atoms with van der Waals surface area (Å²) in [5.74, 6) is 1.19. The molecule has 2 aromatic heterocycles. The van der Waals surface area contributed by atoms with E-state index in [1.54, 1.807) is 23.3 Å². The first-order chi connectivity index (χ1) is 12.2. The van der Waals surface area contributed by atoms with E-state index in [0.29, 0.717) is 10.6 Å². The van der Waals surface area contributed by atoms with Gasteiger partial charge >= 0.3 is 0 Å². The van der Waals surface area contributed by atoms with E-state index >= 15 is 0 Å². The van der Waals surface area contributed by atoms with Gasteiger partial charge < -0.3 is 14.7 Å². The lowest BCUT2D eigenvalue weighted by Crippen LogP contribution is -2.25. The maximum absolute atomic E-state index is 10.4. The van der Waals surface area contributed by atoms with Gasteiger partial charge in [-0.25, -0.2) is 4.98 Å². The normalized spacial score (nSPS) is 14.4. The Labute approximate surface area is 153 Å². The van der Waals surface area contributed by atoms with Crippen molar-refractivity contribution in [1.82, 2.24) is 4.98 Å². The van der Waals surface area contributed by atoms with Gasteiger partial charge in [0.1, 0.15) is 22.4 Å². The number of thiophene rings is 1. The van der Waals surface area contributed by atoms with Crippen LogP contribution in [0.1, 0.15) is 5.01 Å². The summed E-state index contributed by atoms with van der Waals surface area (Å²) >= 11 is 3.07. The minimum absolute atomic E-state index is 0.174. The van der Waals surface area contributed by atoms with Gasteiger partial charge in [0.05, 0.1) is 29.8 Å². The van der Waals surface area contributed by atoms with Crippen molar-refractivity contribution in [2.45, 2.75) is 0 Å². The lowest BCUT2D eigenvalue weighted by Gasteiger charge is -2.18. The Morgan fingerprint density at radius 1 is 1.20 bits per heavy atom. The summed E-state index contributed by atoms with van der Waals surface area (Å²) in [6.45, 7) is 0.272. The molecule has 1 aliphatic heterocycles. The lowest BCUT2D eigenvalue weighted by atomic mass is 10.2. The SMILES string of the molecule is COc1ccc(N2CC(O)=C(c3nc(-c4cccs4)cs3)C2=N)cc1. The number of aliphatic hydroxyl groups excluding tert-OH is 1. The second-order valence-electron chi connectivity index (χ2n) is 5.47. The highest BCUT2D eigenvalue weighted by Crippen LogP contribution is 2.35. The predicted molar refractivity (Wildman–Crippen MR) is 103 cm³/mol. The highest BCUT2D eigenvalue weighted by molar-refractivity contribution is 7.14. The van der Waals surface area contributed by atoms with Crippen molar-refractivity contribution in [2.75, 3.05) is 18.6 Å². The fourth-order valence-electron chi connectivity index (χ4n) is 2.71. The molecule has 0 amide bonds. The second-order valence-corrected chi connectivity index (χ2v) is 7.28. The summed E-state index contributed by atoms with van der Waals surface area (Å²) in [5, 5.41) is 23.6. The van der Waals surface area contributed by atoms with Crippen molar-refractivity contribution >= 4 is 39.8 Å². The maximum Gasteiger partial charge on any atom is 0.139 e. The molecular weight excluding hydrogens is 354 g/mol. The summed E-state index contributed by atoms with van der Waals surface area (Å²) in [5.41, 5.74) is 2.22. The lowest BCUT2D eigenvalue weighted by molar-refractivity contribution is 0.411. The summed E-state index contributed by atoms with van der Waals surface area (Å²) in [7, 11) is 1.62. The average molecular weight is 369 g/mol. The van der Waals surface area contributed by atoms with Gasteiger partial charge in [-0.2, -0.15) is 0 Å². The molecule has 4 rings (SSSR count). The van der Waals surface area contributed by atoms with Crippen LogP contribution in [-0.4, -0.2) is 29.6 Å². The molecule has 0 fully saturated rings. The van der Waals surface area contributed by atoms with Crippen LogP contribution in [0.5, 0.6) is 5.75 Å². The number of rotatable bonds is 4. The first-order valence-electron chi connectivity index (χ1n) is 7.60. The zero-order valence-corrected chi connectivity index (χ0v) is 15.0. The number of benzene rings is 1. The van der Waals surface area contributed by atoms with Gasteiger partial charge in [-0.15, -0.1) is 22.7 Å². The predicted octanol–water partition coefficient (Wildman–Crippen LogP) is 4.65. The first kappa shape index (κ1) is 15.9. The Balaban J connectivity index is 1.62. The summed E-state index contributed by atoms with van der Waals surface area (Å²) in [4.78, 5) is 7.46. The van der Waals surface area contributed by atoms with E-state index < -0.39 is 0 Å². The van der Waals surface area contributed by atoms with Gasteiger partial charge in [0, 0.05) is 11.1 Å². The van der Waals surface area contributed by atoms with Crippen molar-refractivity contribution in [3.8, 4) is 16.3 Å². The fourth-order valence-corrected chi connectivity index (χ4v) is 4.36. The number of thiazole rings is 1. The molecular formula is C18H15N3O2S2. The van der Waals surface area contributed by atoms with E-state index in [9.17, 15) is 5.11 Å². The largest absolute Gasteiger partial charge is 0.510 e. The molecule has 126 valence electrons. The highest BCUT2D eigenvalue weighted by atomic mass is 32.1. The molecule has 1 aromatic carbocycles. The average Bonchev–Trinajstić information content (AvgIpc) is 3.35.